The largest absolute Gasteiger partial charge is 0.379 e. The molecule has 6 heteroatoms. The van der Waals surface area contributed by atoms with Crippen LogP contribution in [-0.2, 0) is 0 Å². The van der Waals surface area contributed by atoms with Crippen molar-refractivity contribution < 1.29 is 4.92 Å². The van der Waals surface area contributed by atoms with Crippen molar-refractivity contribution in [2.45, 2.75) is 25.3 Å². The highest BCUT2D eigenvalue weighted by Gasteiger charge is 2.16. The lowest BCUT2D eigenvalue weighted by Gasteiger charge is -2.11. The van der Waals surface area contributed by atoms with Crippen LogP contribution in [-0.4, -0.2) is 24.1 Å². The number of nitro groups is 1. The fourth-order valence-electron chi connectivity index (χ4n) is 2.29. The van der Waals surface area contributed by atoms with Gasteiger partial charge in [0.25, 0.3) is 5.69 Å². The summed E-state index contributed by atoms with van der Waals surface area (Å²) >= 11 is 0. The van der Waals surface area contributed by atoms with Gasteiger partial charge in [0.15, 0.2) is 0 Å². The van der Waals surface area contributed by atoms with Crippen LogP contribution in [0.5, 0.6) is 0 Å². The van der Waals surface area contributed by atoms with Crippen LogP contribution in [0.4, 0.5) is 11.4 Å². The molecule has 6 nitrogen and oxygen atoms in total. The Kier molecular flexibility index (Phi) is 4.31. The number of hydrogen-bond donors (Lipinski definition) is 2. The monoisotopic (exact) mass is 260 g/mol. The summed E-state index contributed by atoms with van der Waals surface area (Å²) in [6.07, 6.45) is 3.27. The van der Waals surface area contributed by atoms with E-state index >= 15 is 0 Å². The maximum Gasteiger partial charge on any atom is 0.292 e. The second-order valence-electron chi connectivity index (χ2n) is 4.61. The molecule has 2 N–H and O–H groups in total. The minimum absolute atomic E-state index is 0.0124. The fourth-order valence-corrected chi connectivity index (χ4v) is 2.29. The number of nitriles is 1. The van der Waals surface area contributed by atoms with Gasteiger partial charge in [-0.2, -0.15) is 5.26 Å². The topological polar surface area (TPSA) is 91.0 Å². The Morgan fingerprint density at radius 1 is 1.58 bits per heavy atom. The first-order valence-corrected chi connectivity index (χ1v) is 6.36. The molecule has 0 amide bonds. The molecule has 0 radical (unpaired) electrons. The van der Waals surface area contributed by atoms with Gasteiger partial charge < -0.3 is 10.6 Å². The van der Waals surface area contributed by atoms with Gasteiger partial charge in [0.2, 0.25) is 0 Å². The predicted octanol–water partition coefficient (Wildman–Crippen LogP) is 2.02. The Balaban J connectivity index is 2.00. The minimum Gasteiger partial charge on any atom is -0.379 e. The third-order valence-corrected chi connectivity index (χ3v) is 3.29. The van der Waals surface area contributed by atoms with Crippen molar-refractivity contribution in [1.29, 1.82) is 5.26 Å². The number of rotatable bonds is 5. The van der Waals surface area contributed by atoms with E-state index in [1.807, 2.05) is 6.07 Å². The van der Waals surface area contributed by atoms with Crippen LogP contribution in [0.15, 0.2) is 18.2 Å². The molecule has 1 aliphatic heterocycles. The van der Waals surface area contributed by atoms with Gasteiger partial charge in [0.05, 0.1) is 16.6 Å². The Hall–Kier alpha value is -2.13. The van der Waals surface area contributed by atoms with Gasteiger partial charge in [-0.15, -0.1) is 0 Å². The van der Waals surface area contributed by atoms with E-state index in [1.165, 1.54) is 24.6 Å². The Labute approximate surface area is 111 Å². The fraction of sp³-hybridized carbons (Fsp3) is 0.462. The van der Waals surface area contributed by atoms with E-state index in [0.29, 0.717) is 23.8 Å². The molecule has 0 bridgehead atoms. The van der Waals surface area contributed by atoms with Gasteiger partial charge in [-0.1, -0.05) is 0 Å². The van der Waals surface area contributed by atoms with Crippen molar-refractivity contribution in [2.75, 3.05) is 18.4 Å². The van der Waals surface area contributed by atoms with Crippen molar-refractivity contribution in [2.24, 2.45) is 0 Å². The highest BCUT2D eigenvalue weighted by Crippen LogP contribution is 2.25. The third kappa shape index (κ3) is 3.42. The lowest BCUT2D eigenvalue weighted by Crippen LogP contribution is -2.24. The van der Waals surface area contributed by atoms with Crippen LogP contribution in [0.1, 0.15) is 24.8 Å². The smallest absolute Gasteiger partial charge is 0.292 e. The van der Waals surface area contributed by atoms with Gasteiger partial charge in [0.1, 0.15) is 5.69 Å². The van der Waals surface area contributed by atoms with Gasteiger partial charge in [-0.05, 0) is 37.9 Å². The molecule has 1 aliphatic rings. The molecule has 2 rings (SSSR count). The third-order valence-electron chi connectivity index (χ3n) is 3.29. The molecule has 19 heavy (non-hydrogen) atoms. The zero-order valence-corrected chi connectivity index (χ0v) is 10.6. The Morgan fingerprint density at radius 2 is 2.42 bits per heavy atom. The highest BCUT2D eigenvalue weighted by molar-refractivity contribution is 5.64. The first-order valence-electron chi connectivity index (χ1n) is 6.36. The van der Waals surface area contributed by atoms with Crippen LogP contribution < -0.4 is 10.6 Å². The van der Waals surface area contributed by atoms with E-state index in [4.69, 9.17) is 5.26 Å². The van der Waals surface area contributed by atoms with Crippen LogP contribution in [0, 0.1) is 21.4 Å². The van der Waals surface area contributed by atoms with Crippen LogP contribution >= 0.6 is 0 Å². The van der Waals surface area contributed by atoms with Crippen LogP contribution in [0.2, 0.25) is 0 Å². The first-order chi connectivity index (χ1) is 9.20. The summed E-state index contributed by atoms with van der Waals surface area (Å²) in [7, 11) is 0. The Morgan fingerprint density at radius 3 is 3.05 bits per heavy atom. The molecule has 100 valence electrons. The van der Waals surface area contributed by atoms with Crippen LogP contribution in [0.25, 0.3) is 0 Å². The molecule has 0 saturated carbocycles. The standard InChI is InChI=1S/C13H16N4O2/c14-9-10-3-4-13(17(18)19)12(8-10)16-7-5-11-2-1-6-15-11/h3-4,8,11,15-16H,1-2,5-7H2/t11-/m1/s1. The summed E-state index contributed by atoms with van der Waals surface area (Å²) in [5.74, 6) is 0. The number of nitrogens with zero attached hydrogens (tertiary/aromatic N) is 2. The maximum atomic E-state index is 10.9. The van der Waals surface area contributed by atoms with E-state index in [2.05, 4.69) is 10.6 Å². The van der Waals surface area contributed by atoms with E-state index in [-0.39, 0.29) is 5.69 Å². The van der Waals surface area contributed by atoms with Gasteiger partial charge in [-0.25, -0.2) is 0 Å². The zero-order chi connectivity index (χ0) is 13.7. The predicted molar refractivity (Wildman–Crippen MR) is 71.9 cm³/mol. The molecule has 1 heterocycles. The van der Waals surface area contributed by atoms with Crippen molar-refractivity contribution in [3.63, 3.8) is 0 Å². The number of benzene rings is 1. The minimum atomic E-state index is -0.433. The quantitative estimate of drug-likeness (QED) is 0.624. The summed E-state index contributed by atoms with van der Waals surface area (Å²) in [6, 6.07) is 6.84. The van der Waals surface area contributed by atoms with Gasteiger partial charge in [0, 0.05) is 18.7 Å². The summed E-state index contributed by atoms with van der Waals surface area (Å²) in [4.78, 5) is 10.5. The van der Waals surface area contributed by atoms with E-state index < -0.39 is 4.92 Å². The highest BCUT2D eigenvalue weighted by atomic mass is 16.6. The van der Waals surface area contributed by atoms with Crippen LogP contribution in [0.3, 0.4) is 0 Å². The lowest BCUT2D eigenvalue weighted by molar-refractivity contribution is -0.384. The second kappa shape index (κ2) is 6.16. The van der Waals surface area contributed by atoms with Gasteiger partial charge >= 0.3 is 0 Å². The van der Waals surface area contributed by atoms with Crippen molar-refractivity contribution >= 4 is 11.4 Å². The summed E-state index contributed by atoms with van der Waals surface area (Å²) in [6.45, 7) is 1.71. The molecule has 0 aliphatic carbocycles. The van der Waals surface area contributed by atoms with Crippen molar-refractivity contribution in [3.8, 4) is 6.07 Å². The SMILES string of the molecule is N#Cc1ccc([N+](=O)[O-])c(NCC[C@H]2CCCN2)c1. The van der Waals surface area contributed by atoms with Crippen molar-refractivity contribution in [1.82, 2.24) is 5.32 Å². The molecule has 1 aromatic carbocycles. The van der Waals surface area contributed by atoms with E-state index in [9.17, 15) is 10.1 Å². The Bertz CT molecular complexity index is 504. The molecule has 0 spiro atoms. The lowest BCUT2D eigenvalue weighted by atomic mass is 10.1. The molecular formula is C13H16N4O2. The number of nitrogens with one attached hydrogen (secondary N) is 2. The molecule has 1 saturated heterocycles. The molecule has 1 aromatic rings. The normalized spacial score (nSPS) is 17.9. The summed E-state index contributed by atoms with van der Waals surface area (Å²) < 4.78 is 0. The molecule has 0 unspecified atom stereocenters. The molecule has 0 aromatic heterocycles. The second-order valence-corrected chi connectivity index (χ2v) is 4.61. The first kappa shape index (κ1) is 13.3. The van der Waals surface area contributed by atoms with E-state index in [1.54, 1.807) is 0 Å². The van der Waals surface area contributed by atoms with Gasteiger partial charge in [-0.3, -0.25) is 10.1 Å². The average molecular weight is 260 g/mol. The molecule has 1 atom stereocenters. The van der Waals surface area contributed by atoms with E-state index in [0.717, 1.165) is 19.4 Å². The average Bonchev–Trinajstić information content (AvgIpc) is 2.91. The maximum absolute atomic E-state index is 10.9. The number of anilines is 1. The molecular weight excluding hydrogens is 244 g/mol. The summed E-state index contributed by atoms with van der Waals surface area (Å²) in [5, 5.41) is 26.2. The van der Waals surface area contributed by atoms with Crippen molar-refractivity contribution in [3.05, 3.63) is 33.9 Å². The summed E-state index contributed by atoms with van der Waals surface area (Å²) in [5.41, 5.74) is 0.854. The zero-order valence-electron chi connectivity index (χ0n) is 10.6. The number of nitro benzene ring substituents is 1. The number of hydrogen-bond acceptors (Lipinski definition) is 5. The molecule has 1 fully saturated rings.